The van der Waals surface area contributed by atoms with E-state index in [2.05, 4.69) is 5.32 Å². The Bertz CT molecular complexity index is 571. The van der Waals surface area contributed by atoms with Gasteiger partial charge in [-0.3, -0.25) is 10.1 Å². The quantitative estimate of drug-likeness (QED) is 0.571. The summed E-state index contributed by atoms with van der Waals surface area (Å²) in [5.41, 5.74) is 0.614. The van der Waals surface area contributed by atoms with Crippen LogP contribution in [0.5, 0.6) is 5.75 Å². The molecule has 0 aromatic heterocycles. The van der Waals surface area contributed by atoms with Gasteiger partial charge in [0.15, 0.2) is 9.84 Å². The van der Waals surface area contributed by atoms with Gasteiger partial charge in [-0.1, -0.05) is 6.92 Å². The van der Waals surface area contributed by atoms with Crippen LogP contribution in [0.4, 0.5) is 5.69 Å². The standard InChI is InChI=1S/C12H18N2O5S/c1-3-13-9-10-8-11(14(15)16)4-5-12(10)19-6-7-20(2,17)18/h4-5,8,13H,3,6-7,9H2,1-2H3. The fourth-order valence-corrected chi connectivity index (χ4v) is 1.91. The minimum atomic E-state index is -3.09. The fourth-order valence-electron chi connectivity index (χ4n) is 1.52. The molecule has 0 heterocycles. The highest BCUT2D eigenvalue weighted by molar-refractivity contribution is 7.90. The maximum absolute atomic E-state index is 11.0. The average molecular weight is 302 g/mol. The van der Waals surface area contributed by atoms with Crippen LogP contribution in [0, 0.1) is 10.1 Å². The van der Waals surface area contributed by atoms with Gasteiger partial charge in [0, 0.05) is 30.5 Å². The van der Waals surface area contributed by atoms with Crippen molar-refractivity contribution in [1.29, 1.82) is 0 Å². The maximum atomic E-state index is 11.0. The molecule has 1 N–H and O–H groups in total. The summed E-state index contributed by atoms with van der Waals surface area (Å²) in [6.07, 6.45) is 1.13. The van der Waals surface area contributed by atoms with E-state index in [1.807, 2.05) is 6.92 Å². The number of nitrogens with zero attached hydrogens (tertiary/aromatic N) is 1. The smallest absolute Gasteiger partial charge is 0.270 e. The molecule has 0 fully saturated rings. The molecule has 112 valence electrons. The van der Waals surface area contributed by atoms with E-state index in [1.165, 1.54) is 18.2 Å². The van der Waals surface area contributed by atoms with Crippen molar-refractivity contribution >= 4 is 15.5 Å². The van der Waals surface area contributed by atoms with Gasteiger partial charge in [0.1, 0.15) is 12.4 Å². The molecule has 0 unspecified atom stereocenters. The number of rotatable bonds is 8. The summed E-state index contributed by atoms with van der Waals surface area (Å²) in [5.74, 6) is 0.366. The van der Waals surface area contributed by atoms with Gasteiger partial charge in [-0.05, 0) is 12.6 Å². The van der Waals surface area contributed by atoms with Gasteiger partial charge >= 0.3 is 0 Å². The molecule has 0 bridgehead atoms. The van der Waals surface area contributed by atoms with Crippen LogP contribution in [-0.4, -0.2) is 38.5 Å². The van der Waals surface area contributed by atoms with Crippen LogP contribution in [0.1, 0.15) is 12.5 Å². The predicted molar refractivity (Wildman–Crippen MR) is 75.7 cm³/mol. The van der Waals surface area contributed by atoms with Gasteiger partial charge < -0.3 is 10.1 Å². The number of sulfone groups is 1. The highest BCUT2D eigenvalue weighted by Gasteiger charge is 2.12. The number of hydrogen-bond donors (Lipinski definition) is 1. The lowest BCUT2D eigenvalue weighted by Crippen LogP contribution is -2.15. The zero-order valence-electron chi connectivity index (χ0n) is 11.5. The first-order chi connectivity index (χ1) is 9.33. The molecule has 0 saturated heterocycles. The summed E-state index contributed by atoms with van der Waals surface area (Å²) >= 11 is 0. The third-order valence-electron chi connectivity index (χ3n) is 2.53. The Morgan fingerprint density at radius 3 is 2.65 bits per heavy atom. The van der Waals surface area contributed by atoms with Crippen LogP contribution in [0.25, 0.3) is 0 Å². The number of benzene rings is 1. The zero-order chi connectivity index (χ0) is 15.2. The Kier molecular flexibility index (Phi) is 5.90. The van der Waals surface area contributed by atoms with Crippen molar-refractivity contribution in [2.75, 3.05) is 25.2 Å². The van der Waals surface area contributed by atoms with Crippen molar-refractivity contribution in [1.82, 2.24) is 5.32 Å². The van der Waals surface area contributed by atoms with Gasteiger partial charge in [0.05, 0.1) is 10.7 Å². The second kappa shape index (κ2) is 7.20. The Balaban J connectivity index is 2.84. The number of nitrogens with one attached hydrogen (secondary N) is 1. The molecule has 20 heavy (non-hydrogen) atoms. The number of hydrogen-bond acceptors (Lipinski definition) is 6. The molecule has 0 amide bonds. The predicted octanol–water partition coefficient (Wildman–Crippen LogP) is 1.13. The number of nitro groups is 1. The maximum Gasteiger partial charge on any atom is 0.270 e. The average Bonchev–Trinajstić information content (AvgIpc) is 2.35. The number of ether oxygens (including phenoxy) is 1. The van der Waals surface area contributed by atoms with Crippen molar-refractivity contribution in [2.45, 2.75) is 13.5 Å². The molecule has 0 spiro atoms. The topological polar surface area (TPSA) is 98.5 Å². The Morgan fingerprint density at radius 2 is 2.10 bits per heavy atom. The molecule has 0 atom stereocenters. The largest absolute Gasteiger partial charge is 0.492 e. The van der Waals surface area contributed by atoms with Gasteiger partial charge in [-0.15, -0.1) is 0 Å². The van der Waals surface area contributed by atoms with Crippen molar-refractivity contribution < 1.29 is 18.1 Å². The number of non-ortho nitro benzene ring substituents is 1. The van der Waals surface area contributed by atoms with Crippen LogP contribution in [0.2, 0.25) is 0 Å². The van der Waals surface area contributed by atoms with E-state index in [0.717, 1.165) is 6.26 Å². The molecule has 1 aromatic carbocycles. The van der Waals surface area contributed by atoms with Gasteiger partial charge in [0.25, 0.3) is 5.69 Å². The van der Waals surface area contributed by atoms with E-state index < -0.39 is 14.8 Å². The van der Waals surface area contributed by atoms with E-state index in [-0.39, 0.29) is 18.0 Å². The highest BCUT2D eigenvalue weighted by Crippen LogP contribution is 2.24. The first kappa shape index (κ1) is 16.4. The lowest BCUT2D eigenvalue weighted by molar-refractivity contribution is -0.384. The first-order valence-corrected chi connectivity index (χ1v) is 8.18. The summed E-state index contributed by atoms with van der Waals surface area (Å²) in [6.45, 7) is 3.08. The van der Waals surface area contributed by atoms with E-state index >= 15 is 0 Å². The monoisotopic (exact) mass is 302 g/mol. The molecule has 0 radical (unpaired) electrons. The minimum Gasteiger partial charge on any atom is -0.492 e. The van der Waals surface area contributed by atoms with Crippen LogP contribution < -0.4 is 10.1 Å². The third kappa shape index (κ3) is 5.54. The zero-order valence-corrected chi connectivity index (χ0v) is 12.3. The SMILES string of the molecule is CCNCc1cc([N+](=O)[O-])ccc1OCCS(C)(=O)=O. The second-order valence-electron chi connectivity index (χ2n) is 4.31. The molecule has 1 aromatic rings. The van der Waals surface area contributed by atoms with Crippen LogP contribution in [-0.2, 0) is 16.4 Å². The fraction of sp³-hybridized carbons (Fsp3) is 0.500. The molecule has 0 aliphatic rings. The third-order valence-corrected chi connectivity index (χ3v) is 3.44. The summed E-state index contributed by atoms with van der Waals surface area (Å²) in [6, 6.07) is 4.26. The van der Waals surface area contributed by atoms with Gasteiger partial charge in [-0.25, -0.2) is 8.42 Å². The highest BCUT2D eigenvalue weighted by atomic mass is 32.2. The Morgan fingerprint density at radius 1 is 1.40 bits per heavy atom. The Hall–Kier alpha value is -1.67. The van der Waals surface area contributed by atoms with E-state index in [9.17, 15) is 18.5 Å². The summed E-state index contributed by atoms with van der Waals surface area (Å²) in [7, 11) is -3.09. The van der Waals surface area contributed by atoms with Gasteiger partial charge in [-0.2, -0.15) is 0 Å². The van der Waals surface area contributed by atoms with Crippen LogP contribution in [0.3, 0.4) is 0 Å². The van der Waals surface area contributed by atoms with Crippen molar-refractivity contribution in [3.05, 3.63) is 33.9 Å². The van der Waals surface area contributed by atoms with E-state index in [4.69, 9.17) is 4.74 Å². The normalized spacial score (nSPS) is 11.3. The molecular formula is C12H18N2O5S. The molecular weight excluding hydrogens is 284 g/mol. The van der Waals surface area contributed by atoms with Crippen LogP contribution >= 0.6 is 0 Å². The second-order valence-corrected chi connectivity index (χ2v) is 6.57. The molecule has 7 nitrogen and oxygen atoms in total. The van der Waals surface area contributed by atoms with Gasteiger partial charge in [0.2, 0.25) is 0 Å². The molecule has 1 rings (SSSR count). The lowest BCUT2D eigenvalue weighted by Gasteiger charge is -2.11. The first-order valence-electron chi connectivity index (χ1n) is 6.12. The Labute approximate surface area is 118 Å². The van der Waals surface area contributed by atoms with Crippen molar-refractivity contribution in [2.24, 2.45) is 0 Å². The summed E-state index contributed by atoms with van der Waals surface area (Å²) in [4.78, 5) is 10.3. The van der Waals surface area contributed by atoms with Crippen molar-refractivity contribution in [3.63, 3.8) is 0 Å². The summed E-state index contributed by atoms with van der Waals surface area (Å²) < 4.78 is 27.5. The molecule has 0 aliphatic carbocycles. The minimum absolute atomic E-state index is 0.0200. The van der Waals surface area contributed by atoms with Crippen LogP contribution in [0.15, 0.2) is 18.2 Å². The molecule has 0 aliphatic heterocycles. The number of nitro benzene ring substituents is 1. The summed E-state index contributed by atoms with van der Waals surface area (Å²) in [5, 5.41) is 13.8. The van der Waals surface area contributed by atoms with E-state index in [1.54, 1.807) is 0 Å². The van der Waals surface area contributed by atoms with E-state index in [0.29, 0.717) is 24.4 Å². The molecule has 0 saturated carbocycles. The van der Waals surface area contributed by atoms with Crippen molar-refractivity contribution in [3.8, 4) is 5.75 Å². The lowest BCUT2D eigenvalue weighted by atomic mass is 10.1. The molecule has 8 heteroatoms.